The van der Waals surface area contributed by atoms with Gasteiger partial charge in [-0.3, -0.25) is 9.89 Å². The van der Waals surface area contributed by atoms with Gasteiger partial charge >= 0.3 is 0 Å². The normalized spacial score (nSPS) is 20.5. The SMILES string of the molecule is CCc1cn[nH]c1NC(=O)C1CCCS1. The van der Waals surface area contributed by atoms with Gasteiger partial charge in [0.15, 0.2) is 0 Å². The van der Waals surface area contributed by atoms with Crippen LogP contribution in [0.3, 0.4) is 0 Å². The number of carbonyl (C=O) groups excluding carboxylic acids is 1. The van der Waals surface area contributed by atoms with Crippen molar-refractivity contribution in [2.24, 2.45) is 0 Å². The average molecular weight is 225 g/mol. The minimum atomic E-state index is 0.108. The highest BCUT2D eigenvalue weighted by Gasteiger charge is 2.24. The summed E-state index contributed by atoms with van der Waals surface area (Å²) in [5.74, 6) is 1.97. The van der Waals surface area contributed by atoms with Crippen LogP contribution in [0.1, 0.15) is 25.3 Å². The molecule has 1 aromatic rings. The van der Waals surface area contributed by atoms with Crippen LogP contribution in [0.5, 0.6) is 0 Å². The molecule has 2 rings (SSSR count). The van der Waals surface area contributed by atoms with Crippen molar-refractivity contribution in [3.05, 3.63) is 11.8 Å². The second kappa shape index (κ2) is 4.70. The van der Waals surface area contributed by atoms with E-state index in [9.17, 15) is 4.79 Å². The lowest BCUT2D eigenvalue weighted by atomic mass is 10.2. The maximum atomic E-state index is 11.8. The molecule has 1 saturated heterocycles. The molecule has 1 atom stereocenters. The number of aromatic amines is 1. The van der Waals surface area contributed by atoms with Gasteiger partial charge in [-0.25, -0.2) is 0 Å². The first-order valence-corrected chi connectivity index (χ1v) is 6.31. The fourth-order valence-corrected chi connectivity index (χ4v) is 2.84. The summed E-state index contributed by atoms with van der Waals surface area (Å²) in [6.07, 6.45) is 4.78. The summed E-state index contributed by atoms with van der Waals surface area (Å²) in [4.78, 5) is 11.8. The van der Waals surface area contributed by atoms with Gasteiger partial charge in [0.05, 0.1) is 11.4 Å². The van der Waals surface area contributed by atoms with E-state index in [1.807, 2.05) is 6.92 Å². The lowest BCUT2D eigenvalue weighted by molar-refractivity contribution is -0.115. The molecule has 0 aliphatic carbocycles. The van der Waals surface area contributed by atoms with Crippen molar-refractivity contribution in [1.29, 1.82) is 0 Å². The zero-order valence-electron chi connectivity index (χ0n) is 8.75. The molecule has 4 nitrogen and oxygen atoms in total. The second-order valence-electron chi connectivity index (χ2n) is 3.61. The van der Waals surface area contributed by atoms with Gasteiger partial charge in [0.2, 0.25) is 5.91 Å². The van der Waals surface area contributed by atoms with Gasteiger partial charge in [0.1, 0.15) is 5.82 Å². The van der Waals surface area contributed by atoms with E-state index in [0.29, 0.717) is 0 Å². The fraction of sp³-hybridized carbons (Fsp3) is 0.600. The molecule has 82 valence electrons. The lowest BCUT2D eigenvalue weighted by Gasteiger charge is -2.09. The van der Waals surface area contributed by atoms with Crippen molar-refractivity contribution in [2.75, 3.05) is 11.1 Å². The summed E-state index contributed by atoms with van der Waals surface area (Å²) in [6, 6.07) is 0. The molecule has 1 aliphatic rings. The zero-order valence-corrected chi connectivity index (χ0v) is 9.56. The minimum absolute atomic E-state index is 0.108. The molecule has 2 N–H and O–H groups in total. The Kier molecular flexibility index (Phi) is 3.30. The Hall–Kier alpha value is -0.970. The Labute approximate surface area is 93.2 Å². The summed E-state index contributed by atoms with van der Waals surface area (Å²) < 4.78 is 0. The van der Waals surface area contributed by atoms with Gasteiger partial charge in [-0.2, -0.15) is 5.10 Å². The van der Waals surface area contributed by atoms with E-state index in [-0.39, 0.29) is 11.2 Å². The van der Waals surface area contributed by atoms with E-state index in [2.05, 4.69) is 15.5 Å². The number of thioether (sulfide) groups is 1. The van der Waals surface area contributed by atoms with Crippen LogP contribution in [0.2, 0.25) is 0 Å². The molecule has 0 radical (unpaired) electrons. The fourth-order valence-electron chi connectivity index (χ4n) is 1.68. The summed E-state index contributed by atoms with van der Waals surface area (Å²) in [5, 5.41) is 9.77. The number of amides is 1. The molecule has 0 spiro atoms. The Morgan fingerprint density at radius 3 is 3.33 bits per heavy atom. The molecule has 1 amide bonds. The van der Waals surface area contributed by atoms with Crippen LogP contribution in [-0.2, 0) is 11.2 Å². The first kappa shape index (κ1) is 10.5. The molecule has 0 aromatic carbocycles. The predicted molar refractivity (Wildman–Crippen MR) is 62.1 cm³/mol. The van der Waals surface area contributed by atoms with E-state index in [0.717, 1.165) is 36.4 Å². The molecule has 1 unspecified atom stereocenters. The third-order valence-corrected chi connectivity index (χ3v) is 3.95. The van der Waals surface area contributed by atoms with E-state index < -0.39 is 0 Å². The van der Waals surface area contributed by atoms with Crippen LogP contribution >= 0.6 is 11.8 Å². The standard InChI is InChI=1S/C10H15N3OS/c1-2-7-6-11-13-9(7)12-10(14)8-4-3-5-15-8/h6,8H,2-5H2,1H3,(H2,11,12,13,14). The van der Waals surface area contributed by atoms with Crippen LogP contribution in [0.15, 0.2) is 6.20 Å². The topological polar surface area (TPSA) is 57.8 Å². The highest BCUT2D eigenvalue weighted by atomic mass is 32.2. The molecule has 0 saturated carbocycles. The van der Waals surface area contributed by atoms with Gasteiger partial charge in [-0.05, 0) is 25.0 Å². The highest BCUT2D eigenvalue weighted by molar-refractivity contribution is 8.00. The summed E-state index contributed by atoms with van der Waals surface area (Å²) >= 11 is 1.74. The maximum Gasteiger partial charge on any atom is 0.238 e. The number of carbonyl (C=O) groups is 1. The van der Waals surface area contributed by atoms with Crippen molar-refractivity contribution >= 4 is 23.5 Å². The first-order valence-electron chi connectivity index (χ1n) is 5.26. The number of aromatic nitrogens is 2. The molecule has 1 aromatic heterocycles. The third kappa shape index (κ3) is 2.34. The molecule has 2 heterocycles. The van der Waals surface area contributed by atoms with Crippen molar-refractivity contribution in [2.45, 2.75) is 31.4 Å². The van der Waals surface area contributed by atoms with Gasteiger partial charge in [-0.15, -0.1) is 11.8 Å². The number of aryl methyl sites for hydroxylation is 1. The third-order valence-electron chi connectivity index (χ3n) is 2.57. The molecular formula is C10H15N3OS. The largest absolute Gasteiger partial charge is 0.310 e. The van der Waals surface area contributed by atoms with Crippen LogP contribution in [0.4, 0.5) is 5.82 Å². The van der Waals surface area contributed by atoms with Gasteiger partial charge < -0.3 is 5.32 Å². The smallest absolute Gasteiger partial charge is 0.238 e. The summed E-state index contributed by atoms with van der Waals surface area (Å²) in [7, 11) is 0. The van der Waals surface area contributed by atoms with E-state index in [1.165, 1.54) is 0 Å². The highest BCUT2D eigenvalue weighted by Crippen LogP contribution is 2.27. The van der Waals surface area contributed by atoms with Gasteiger partial charge in [-0.1, -0.05) is 6.92 Å². The quantitative estimate of drug-likeness (QED) is 0.824. The van der Waals surface area contributed by atoms with Crippen molar-refractivity contribution in [1.82, 2.24) is 10.2 Å². The monoisotopic (exact) mass is 225 g/mol. The van der Waals surface area contributed by atoms with E-state index >= 15 is 0 Å². The molecule has 0 bridgehead atoms. The van der Waals surface area contributed by atoms with Gasteiger partial charge in [0.25, 0.3) is 0 Å². The molecule has 1 aliphatic heterocycles. The van der Waals surface area contributed by atoms with Crippen molar-refractivity contribution in [3.8, 4) is 0 Å². The average Bonchev–Trinajstić information content (AvgIpc) is 2.87. The van der Waals surface area contributed by atoms with Crippen molar-refractivity contribution < 1.29 is 4.79 Å². The molecule has 5 heteroatoms. The summed E-state index contributed by atoms with van der Waals surface area (Å²) in [5.41, 5.74) is 1.06. The molecule has 15 heavy (non-hydrogen) atoms. The lowest BCUT2D eigenvalue weighted by Crippen LogP contribution is -2.23. The number of nitrogens with zero attached hydrogens (tertiary/aromatic N) is 1. The van der Waals surface area contributed by atoms with E-state index in [4.69, 9.17) is 0 Å². The Morgan fingerprint density at radius 2 is 2.67 bits per heavy atom. The number of nitrogens with one attached hydrogen (secondary N) is 2. The molecule has 1 fully saturated rings. The maximum absolute atomic E-state index is 11.8. The summed E-state index contributed by atoms with van der Waals surface area (Å²) in [6.45, 7) is 2.05. The Bertz CT molecular complexity index is 344. The number of hydrogen-bond acceptors (Lipinski definition) is 3. The van der Waals surface area contributed by atoms with Crippen molar-refractivity contribution in [3.63, 3.8) is 0 Å². The zero-order chi connectivity index (χ0) is 10.7. The Morgan fingerprint density at radius 1 is 1.80 bits per heavy atom. The van der Waals surface area contributed by atoms with Crippen LogP contribution < -0.4 is 5.32 Å². The van der Waals surface area contributed by atoms with Crippen LogP contribution in [0, 0.1) is 0 Å². The molecular weight excluding hydrogens is 210 g/mol. The first-order chi connectivity index (χ1) is 7.31. The van der Waals surface area contributed by atoms with Crippen LogP contribution in [-0.4, -0.2) is 27.1 Å². The minimum Gasteiger partial charge on any atom is -0.310 e. The number of H-pyrrole nitrogens is 1. The van der Waals surface area contributed by atoms with Crippen LogP contribution in [0.25, 0.3) is 0 Å². The number of hydrogen-bond donors (Lipinski definition) is 2. The Balaban J connectivity index is 1.98. The number of rotatable bonds is 3. The van der Waals surface area contributed by atoms with Gasteiger partial charge in [0, 0.05) is 5.56 Å². The predicted octanol–water partition coefficient (Wildman–Crippen LogP) is 1.81. The number of anilines is 1. The van der Waals surface area contributed by atoms with E-state index in [1.54, 1.807) is 18.0 Å². The second-order valence-corrected chi connectivity index (χ2v) is 4.93.